The molecule has 0 fully saturated rings. The van der Waals surface area contributed by atoms with Gasteiger partial charge in [-0.2, -0.15) is 0 Å². The first kappa shape index (κ1) is 13.6. The Balaban J connectivity index is 2.97. The first-order chi connectivity index (χ1) is 7.83. The van der Waals surface area contributed by atoms with Gasteiger partial charge in [-0.05, 0) is 27.2 Å². The Hall–Kier alpha value is -1.45. The highest BCUT2D eigenvalue weighted by molar-refractivity contribution is 5.56. The van der Waals surface area contributed by atoms with Crippen molar-refractivity contribution in [1.82, 2.24) is 0 Å². The Morgan fingerprint density at radius 3 is 2.41 bits per heavy atom. The zero-order chi connectivity index (χ0) is 13.1. The topological polar surface area (TPSA) is 44.5 Å². The molecular weight excluding hydrogens is 221 g/mol. The minimum atomic E-state index is -0.461. The van der Waals surface area contributed by atoms with Crippen LogP contribution >= 0.6 is 0 Å². The maximum Gasteiger partial charge on any atom is 0.167 e. The molecule has 0 heterocycles. The van der Waals surface area contributed by atoms with E-state index in [2.05, 4.69) is 0 Å². The molecule has 0 unspecified atom stereocenters. The van der Waals surface area contributed by atoms with Gasteiger partial charge in [0, 0.05) is 12.1 Å². The Labute approximate surface area is 102 Å². The predicted molar refractivity (Wildman–Crippen MR) is 67.0 cm³/mol. The normalized spacial score (nSPS) is 11.4. The highest BCUT2D eigenvalue weighted by atomic mass is 19.1. The molecule has 2 N–H and O–H groups in total. The smallest absolute Gasteiger partial charge is 0.167 e. The van der Waals surface area contributed by atoms with Gasteiger partial charge >= 0.3 is 0 Å². The number of anilines is 1. The average Bonchev–Trinajstić information content (AvgIpc) is 2.18. The van der Waals surface area contributed by atoms with Crippen LogP contribution in [0.5, 0.6) is 11.5 Å². The van der Waals surface area contributed by atoms with Crippen LogP contribution in [0.15, 0.2) is 12.1 Å². The molecule has 0 aliphatic rings. The molecule has 0 aliphatic heterocycles. The summed E-state index contributed by atoms with van der Waals surface area (Å²) in [5.74, 6) is 0.169. The average molecular weight is 241 g/mol. The van der Waals surface area contributed by atoms with Gasteiger partial charge < -0.3 is 15.2 Å². The number of benzene rings is 1. The molecule has 3 nitrogen and oxygen atoms in total. The molecule has 96 valence electrons. The lowest BCUT2D eigenvalue weighted by atomic mass is 10.2. The fourth-order valence-electron chi connectivity index (χ4n) is 1.29. The van der Waals surface area contributed by atoms with Gasteiger partial charge in [0.2, 0.25) is 0 Å². The minimum Gasteiger partial charge on any atom is -0.490 e. The fourth-order valence-corrected chi connectivity index (χ4v) is 1.29. The molecule has 0 radical (unpaired) electrons. The van der Waals surface area contributed by atoms with Crippen molar-refractivity contribution < 1.29 is 13.9 Å². The van der Waals surface area contributed by atoms with E-state index in [0.29, 0.717) is 12.4 Å². The maximum atomic E-state index is 13.5. The zero-order valence-corrected chi connectivity index (χ0v) is 10.8. The number of hydrogen-bond acceptors (Lipinski definition) is 3. The summed E-state index contributed by atoms with van der Waals surface area (Å²) >= 11 is 0. The SMILES string of the molecule is CCCOc1cc(OC(C)(C)C)c(N)cc1F. The van der Waals surface area contributed by atoms with Crippen molar-refractivity contribution in [2.24, 2.45) is 0 Å². The van der Waals surface area contributed by atoms with Crippen molar-refractivity contribution in [2.75, 3.05) is 12.3 Å². The van der Waals surface area contributed by atoms with E-state index in [4.69, 9.17) is 15.2 Å². The molecule has 0 saturated carbocycles. The molecule has 0 saturated heterocycles. The molecular formula is C13H20FNO2. The molecule has 0 amide bonds. The van der Waals surface area contributed by atoms with E-state index in [-0.39, 0.29) is 17.0 Å². The van der Waals surface area contributed by atoms with Crippen molar-refractivity contribution in [3.63, 3.8) is 0 Å². The number of halogens is 1. The monoisotopic (exact) mass is 241 g/mol. The zero-order valence-electron chi connectivity index (χ0n) is 10.8. The molecule has 0 atom stereocenters. The summed E-state index contributed by atoms with van der Waals surface area (Å²) in [7, 11) is 0. The van der Waals surface area contributed by atoms with Gasteiger partial charge in [-0.1, -0.05) is 6.92 Å². The standard InChI is InChI=1S/C13H20FNO2/c1-5-6-16-11-8-12(17-13(2,3)4)10(15)7-9(11)14/h7-8H,5-6,15H2,1-4H3. The van der Waals surface area contributed by atoms with Gasteiger partial charge in [0.1, 0.15) is 11.4 Å². The van der Waals surface area contributed by atoms with Gasteiger partial charge in [0.15, 0.2) is 11.6 Å². The molecule has 1 aromatic carbocycles. The second kappa shape index (κ2) is 5.25. The van der Waals surface area contributed by atoms with Crippen LogP contribution in [-0.2, 0) is 0 Å². The van der Waals surface area contributed by atoms with Crippen LogP contribution in [0.3, 0.4) is 0 Å². The maximum absolute atomic E-state index is 13.5. The third-order valence-corrected chi connectivity index (χ3v) is 1.94. The van der Waals surface area contributed by atoms with Gasteiger partial charge in [-0.25, -0.2) is 4.39 Å². The Morgan fingerprint density at radius 2 is 1.88 bits per heavy atom. The van der Waals surface area contributed by atoms with Crippen molar-refractivity contribution in [1.29, 1.82) is 0 Å². The lowest BCUT2D eigenvalue weighted by Crippen LogP contribution is -2.23. The first-order valence-corrected chi connectivity index (χ1v) is 5.74. The highest BCUT2D eigenvalue weighted by Crippen LogP contribution is 2.32. The highest BCUT2D eigenvalue weighted by Gasteiger charge is 2.16. The van der Waals surface area contributed by atoms with Crippen molar-refractivity contribution >= 4 is 5.69 Å². The summed E-state index contributed by atoms with van der Waals surface area (Å²) < 4.78 is 24.4. The molecule has 0 bridgehead atoms. The van der Waals surface area contributed by atoms with Crippen LogP contribution < -0.4 is 15.2 Å². The van der Waals surface area contributed by atoms with Gasteiger partial charge in [0.25, 0.3) is 0 Å². The van der Waals surface area contributed by atoms with E-state index in [1.165, 1.54) is 12.1 Å². The van der Waals surface area contributed by atoms with Crippen molar-refractivity contribution in [3.8, 4) is 11.5 Å². The van der Waals surface area contributed by atoms with E-state index in [9.17, 15) is 4.39 Å². The van der Waals surface area contributed by atoms with Crippen LogP contribution in [0.1, 0.15) is 34.1 Å². The molecule has 0 spiro atoms. The minimum absolute atomic E-state index is 0.181. The molecule has 17 heavy (non-hydrogen) atoms. The van der Waals surface area contributed by atoms with Crippen LogP contribution in [0.25, 0.3) is 0 Å². The van der Waals surface area contributed by atoms with E-state index in [1.807, 2.05) is 27.7 Å². The summed E-state index contributed by atoms with van der Waals surface area (Å²) in [5, 5.41) is 0. The number of hydrogen-bond donors (Lipinski definition) is 1. The summed E-state index contributed by atoms with van der Waals surface area (Å²) in [4.78, 5) is 0. The number of ether oxygens (including phenoxy) is 2. The second-order valence-corrected chi connectivity index (χ2v) is 4.88. The molecule has 4 heteroatoms. The summed E-state index contributed by atoms with van der Waals surface area (Å²) in [6.45, 7) is 8.14. The molecule has 1 aromatic rings. The first-order valence-electron chi connectivity index (χ1n) is 5.74. The van der Waals surface area contributed by atoms with Crippen LogP contribution in [-0.4, -0.2) is 12.2 Å². The fraction of sp³-hybridized carbons (Fsp3) is 0.538. The molecule has 1 rings (SSSR count). The van der Waals surface area contributed by atoms with E-state index in [0.717, 1.165) is 6.42 Å². The van der Waals surface area contributed by atoms with Crippen LogP contribution in [0.2, 0.25) is 0 Å². The summed E-state index contributed by atoms with van der Waals surface area (Å²) in [6, 6.07) is 2.73. The second-order valence-electron chi connectivity index (χ2n) is 4.88. The number of nitrogen functional groups attached to an aromatic ring is 1. The van der Waals surface area contributed by atoms with Gasteiger partial charge in [-0.3, -0.25) is 0 Å². The number of rotatable bonds is 4. The van der Waals surface area contributed by atoms with Crippen LogP contribution in [0, 0.1) is 5.82 Å². The predicted octanol–water partition coefficient (Wildman–Crippen LogP) is 3.37. The van der Waals surface area contributed by atoms with Gasteiger partial charge in [-0.15, -0.1) is 0 Å². The molecule has 0 aromatic heterocycles. The third-order valence-electron chi connectivity index (χ3n) is 1.94. The van der Waals surface area contributed by atoms with E-state index < -0.39 is 5.82 Å². The quantitative estimate of drug-likeness (QED) is 0.822. The van der Waals surface area contributed by atoms with E-state index in [1.54, 1.807) is 0 Å². The number of nitrogens with two attached hydrogens (primary N) is 1. The molecule has 0 aliphatic carbocycles. The Bertz CT molecular complexity index is 386. The largest absolute Gasteiger partial charge is 0.490 e. The summed E-state index contributed by atoms with van der Waals surface area (Å²) in [5.41, 5.74) is 5.60. The lowest BCUT2D eigenvalue weighted by Gasteiger charge is -2.23. The Kier molecular flexibility index (Phi) is 4.21. The Morgan fingerprint density at radius 1 is 1.24 bits per heavy atom. The summed E-state index contributed by atoms with van der Waals surface area (Å²) in [6.07, 6.45) is 0.819. The van der Waals surface area contributed by atoms with Crippen molar-refractivity contribution in [3.05, 3.63) is 17.9 Å². The van der Waals surface area contributed by atoms with Crippen LogP contribution in [0.4, 0.5) is 10.1 Å². The van der Waals surface area contributed by atoms with Crippen molar-refractivity contribution in [2.45, 2.75) is 39.7 Å². The third kappa shape index (κ3) is 4.13. The van der Waals surface area contributed by atoms with Gasteiger partial charge in [0.05, 0.1) is 12.3 Å². The van der Waals surface area contributed by atoms with E-state index >= 15 is 0 Å². The lowest BCUT2D eigenvalue weighted by molar-refractivity contribution is 0.131.